The van der Waals surface area contributed by atoms with Gasteiger partial charge in [-0.2, -0.15) is 10.5 Å². The van der Waals surface area contributed by atoms with Crippen molar-refractivity contribution in [3.05, 3.63) is 75.8 Å². The molecule has 0 spiro atoms. The van der Waals surface area contributed by atoms with Gasteiger partial charge in [-0.05, 0) is 42.1 Å². The zero-order chi connectivity index (χ0) is 21.8. The SMILES string of the molecule is Cc1ccc(C=O)c2c(C=O)ccc(C(=O)N(C=O)c3ccc(C#N)c(C#N)c3)c12. The first-order chi connectivity index (χ1) is 14.5. The fraction of sp³-hybridized carbons (Fsp3) is 0.0435. The molecule has 30 heavy (non-hydrogen) atoms. The van der Waals surface area contributed by atoms with E-state index in [1.165, 1.54) is 30.3 Å². The Kier molecular flexibility index (Phi) is 5.48. The maximum absolute atomic E-state index is 13.3. The van der Waals surface area contributed by atoms with Crippen molar-refractivity contribution >= 4 is 41.3 Å². The third kappa shape index (κ3) is 3.21. The molecule has 7 heteroatoms. The second-order valence-corrected chi connectivity index (χ2v) is 6.39. The second-order valence-electron chi connectivity index (χ2n) is 6.39. The summed E-state index contributed by atoms with van der Waals surface area (Å²) < 4.78 is 0. The Balaban J connectivity index is 2.25. The minimum absolute atomic E-state index is 0.0234. The average Bonchev–Trinajstić information content (AvgIpc) is 2.78. The zero-order valence-electron chi connectivity index (χ0n) is 15.7. The van der Waals surface area contributed by atoms with E-state index in [9.17, 15) is 24.4 Å². The number of benzene rings is 3. The molecule has 0 aliphatic heterocycles. The summed E-state index contributed by atoms with van der Waals surface area (Å²) in [6.45, 7) is 1.73. The lowest BCUT2D eigenvalue weighted by Crippen LogP contribution is -2.30. The molecular formula is C23H13N3O4. The van der Waals surface area contributed by atoms with Crippen LogP contribution in [-0.4, -0.2) is 24.9 Å². The lowest BCUT2D eigenvalue weighted by atomic mass is 9.92. The maximum atomic E-state index is 13.3. The van der Waals surface area contributed by atoms with Crippen molar-refractivity contribution in [2.24, 2.45) is 0 Å². The number of carbonyl (C=O) groups is 4. The first-order valence-electron chi connectivity index (χ1n) is 8.70. The summed E-state index contributed by atoms with van der Waals surface area (Å²) in [6, 6.07) is 13.8. The molecule has 0 N–H and O–H groups in total. The van der Waals surface area contributed by atoms with Gasteiger partial charge in [0.1, 0.15) is 12.1 Å². The van der Waals surface area contributed by atoms with Gasteiger partial charge in [-0.15, -0.1) is 0 Å². The molecule has 0 saturated carbocycles. The van der Waals surface area contributed by atoms with Gasteiger partial charge in [-0.25, -0.2) is 4.90 Å². The van der Waals surface area contributed by atoms with Crippen LogP contribution in [0.25, 0.3) is 10.8 Å². The Hall–Kier alpha value is -4.62. The van der Waals surface area contributed by atoms with Gasteiger partial charge in [-0.3, -0.25) is 19.2 Å². The minimum atomic E-state index is -0.702. The average molecular weight is 395 g/mol. The first-order valence-corrected chi connectivity index (χ1v) is 8.70. The molecule has 0 aliphatic rings. The van der Waals surface area contributed by atoms with Crippen LogP contribution in [-0.2, 0) is 4.79 Å². The Morgan fingerprint density at radius 2 is 1.50 bits per heavy atom. The summed E-state index contributed by atoms with van der Waals surface area (Å²) >= 11 is 0. The van der Waals surface area contributed by atoms with Crippen LogP contribution in [0.1, 0.15) is 47.8 Å². The number of hydrogen-bond acceptors (Lipinski definition) is 6. The van der Waals surface area contributed by atoms with E-state index in [4.69, 9.17) is 5.26 Å². The molecule has 0 heterocycles. The fourth-order valence-corrected chi connectivity index (χ4v) is 3.32. The number of anilines is 1. The minimum Gasteiger partial charge on any atom is -0.298 e. The summed E-state index contributed by atoms with van der Waals surface area (Å²) in [5.41, 5.74) is 1.51. The third-order valence-corrected chi connectivity index (χ3v) is 4.76. The smallest absolute Gasteiger partial charge is 0.265 e. The Morgan fingerprint density at radius 1 is 0.867 bits per heavy atom. The molecule has 3 rings (SSSR count). The number of nitrogens with zero attached hydrogens (tertiary/aromatic N) is 3. The lowest BCUT2D eigenvalue weighted by molar-refractivity contribution is -0.106. The standard InChI is InChI=1S/C23H13N3O4/c1-14-2-3-16(11-27)22-17(12-28)5-7-20(21(14)22)23(30)26(13-29)19-6-4-15(9-24)18(8-19)10-25/h2-8,11-13H,1H3. The molecule has 0 unspecified atom stereocenters. The van der Waals surface area contributed by atoms with Crippen LogP contribution in [0.5, 0.6) is 0 Å². The van der Waals surface area contributed by atoms with E-state index in [1.54, 1.807) is 19.1 Å². The van der Waals surface area contributed by atoms with Crippen molar-refractivity contribution in [3.8, 4) is 12.1 Å². The number of amides is 2. The van der Waals surface area contributed by atoms with Crippen LogP contribution in [0.4, 0.5) is 5.69 Å². The van der Waals surface area contributed by atoms with E-state index < -0.39 is 5.91 Å². The van der Waals surface area contributed by atoms with Crippen LogP contribution in [0, 0.1) is 29.6 Å². The van der Waals surface area contributed by atoms with E-state index in [-0.39, 0.29) is 33.5 Å². The largest absolute Gasteiger partial charge is 0.298 e. The van der Waals surface area contributed by atoms with E-state index in [0.717, 1.165) is 4.90 Å². The number of carbonyl (C=O) groups excluding carboxylic acids is 4. The van der Waals surface area contributed by atoms with Crippen LogP contribution in [0.3, 0.4) is 0 Å². The monoisotopic (exact) mass is 395 g/mol. The molecule has 0 saturated heterocycles. The number of fused-ring (bicyclic) bond motifs is 1. The molecule has 0 bridgehead atoms. The molecular weight excluding hydrogens is 382 g/mol. The Morgan fingerprint density at radius 3 is 2.07 bits per heavy atom. The second kappa shape index (κ2) is 8.17. The third-order valence-electron chi connectivity index (χ3n) is 4.76. The lowest BCUT2D eigenvalue weighted by Gasteiger charge is -2.19. The summed E-state index contributed by atoms with van der Waals surface area (Å²) in [7, 11) is 0. The number of aryl methyl sites for hydroxylation is 1. The first kappa shape index (κ1) is 20.1. The van der Waals surface area contributed by atoms with Gasteiger partial charge < -0.3 is 0 Å². The van der Waals surface area contributed by atoms with Crippen molar-refractivity contribution in [3.63, 3.8) is 0 Å². The van der Waals surface area contributed by atoms with Crippen molar-refractivity contribution < 1.29 is 19.2 Å². The van der Waals surface area contributed by atoms with E-state index in [0.29, 0.717) is 35.3 Å². The molecule has 3 aromatic carbocycles. The Labute approximate surface area is 171 Å². The highest BCUT2D eigenvalue weighted by Gasteiger charge is 2.23. The molecule has 2 amide bonds. The summed E-state index contributed by atoms with van der Waals surface area (Å²) in [5, 5.41) is 19.0. The van der Waals surface area contributed by atoms with Gasteiger partial charge in [0.15, 0.2) is 12.6 Å². The van der Waals surface area contributed by atoms with Gasteiger partial charge in [0.05, 0.1) is 16.8 Å². The highest BCUT2D eigenvalue weighted by Crippen LogP contribution is 2.30. The number of nitriles is 2. The van der Waals surface area contributed by atoms with Gasteiger partial charge >= 0.3 is 0 Å². The molecule has 0 radical (unpaired) electrons. The zero-order valence-corrected chi connectivity index (χ0v) is 15.7. The molecule has 0 aliphatic carbocycles. The van der Waals surface area contributed by atoms with Crippen LogP contribution in [0.2, 0.25) is 0 Å². The number of aldehydes is 2. The highest BCUT2D eigenvalue weighted by molar-refractivity contribution is 6.23. The molecule has 0 aromatic heterocycles. The van der Waals surface area contributed by atoms with Gasteiger partial charge in [0.2, 0.25) is 6.41 Å². The molecule has 144 valence electrons. The van der Waals surface area contributed by atoms with Crippen LogP contribution in [0.15, 0.2) is 42.5 Å². The summed E-state index contributed by atoms with van der Waals surface area (Å²) in [6.07, 6.45) is 1.50. The predicted octanol–water partition coefficient (Wildman–Crippen LogP) is 3.32. The number of rotatable bonds is 5. The molecule has 7 nitrogen and oxygen atoms in total. The molecule has 3 aromatic rings. The van der Waals surface area contributed by atoms with Crippen LogP contribution < -0.4 is 4.90 Å². The maximum Gasteiger partial charge on any atom is 0.265 e. The summed E-state index contributed by atoms with van der Waals surface area (Å²) in [5.74, 6) is -0.702. The van der Waals surface area contributed by atoms with E-state index in [1.807, 2.05) is 12.1 Å². The molecule has 0 atom stereocenters. The van der Waals surface area contributed by atoms with Gasteiger partial charge in [0.25, 0.3) is 5.91 Å². The van der Waals surface area contributed by atoms with Crippen molar-refractivity contribution in [1.29, 1.82) is 10.5 Å². The highest BCUT2D eigenvalue weighted by atomic mass is 16.2. The predicted molar refractivity (Wildman–Crippen MR) is 108 cm³/mol. The van der Waals surface area contributed by atoms with Crippen molar-refractivity contribution in [2.75, 3.05) is 4.90 Å². The van der Waals surface area contributed by atoms with Gasteiger partial charge in [-0.1, -0.05) is 18.2 Å². The normalized spacial score (nSPS) is 9.97. The summed E-state index contributed by atoms with van der Waals surface area (Å²) in [4.78, 5) is 48.9. The Bertz CT molecular complexity index is 1300. The van der Waals surface area contributed by atoms with Crippen LogP contribution >= 0.6 is 0 Å². The molecule has 0 fully saturated rings. The fourth-order valence-electron chi connectivity index (χ4n) is 3.32. The number of hydrogen-bond donors (Lipinski definition) is 0. The van der Waals surface area contributed by atoms with Crippen molar-refractivity contribution in [2.45, 2.75) is 6.92 Å². The van der Waals surface area contributed by atoms with E-state index >= 15 is 0 Å². The quantitative estimate of drug-likeness (QED) is 0.611. The topological polar surface area (TPSA) is 119 Å². The number of imide groups is 1. The van der Waals surface area contributed by atoms with E-state index in [2.05, 4.69) is 0 Å². The van der Waals surface area contributed by atoms with Crippen molar-refractivity contribution in [1.82, 2.24) is 0 Å². The van der Waals surface area contributed by atoms with Gasteiger partial charge in [0, 0.05) is 22.1 Å².